The number of halogens is 4. The van der Waals surface area contributed by atoms with E-state index in [1.165, 1.54) is 4.90 Å². The molecule has 1 aliphatic rings. The second-order valence-electron chi connectivity index (χ2n) is 5.21. The van der Waals surface area contributed by atoms with Crippen LogP contribution in [0.3, 0.4) is 0 Å². The van der Waals surface area contributed by atoms with E-state index < -0.39 is 17.6 Å². The largest absolute Gasteiger partial charge is 0.417 e. The molecule has 0 N–H and O–H groups in total. The highest BCUT2D eigenvalue weighted by molar-refractivity contribution is 6.21. The zero-order valence-electron chi connectivity index (χ0n) is 11.5. The Morgan fingerprint density at radius 2 is 2.00 bits per heavy atom. The maximum Gasteiger partial charge on any atom is 0.417 e. The molecule has 1 aliphatic carbocycles. The minimum Gasteiger partial charge on any atom is -0.336 e. The number of rotatable bonds is 2. The first-order valence-electron chi connectivity index (χ1n) is 6.75. The average Bonchev–Trinajstić information content (AvgIpc) is 2.45. The monoisotopic (exact) mass is 320 g/mol. The fourth-order valence-electron chi connectivity index (χ4n) is 2.52. The zero-order chi connectivity index (χ0) is 15.6. The molecule has 0 aromatic carbocycles. The molecule has 0 aliphatic heterocycles. The number of alkyl halides is 4. The third kappa shape index (κ3) is 3.67. The third-order valence-electron chi connectivity index (χ3n) is 3.78. The van der Waals surface area contributed by atoms with Gasteiger partial charge in [0.25, 0.3) is 5.91 Å². The van der Waals surface area contributed by atoms with Gasteiger partial charge in [-0.25, -0.2) is 0 Å². The number of hydrogen-bond donors (Lipinski definition) is 0. The molecule has 2 rings (SSSR count). The summed E-state index contributed by atoms with van der Waals surface area (Å²) in [6.07, 6.45) is -0.107. The predicted molar refractivity (Wildman–Crippen MR) is 73.2 cm³/mol. The minimum atomic E-state index is -4.45. The first-order chi connectivity index (χ1) is 9.80. The van der Waals surface area contributed by atoms with E-state index in [2.05, 4.69) is 4.98 Å². The van der Waals surface area contributed by atoms with Crippen LogP contribution in [0.15, 0.2) is 18.3 Å². The van der Waals surface area contributed by atoms with Crippen molar-refractivity contribution in [2.45, 2.75) is 43.3 Å². The molecule has 21 heavy (non-hydrogen) atoms. The van der Waals surface area contributed by atoms with Crippen LogP contribution in [0.2, 0.25) is 0 Å². The maximum atomic E-state index is 12.5. The van der Waals surface area contributed by atoms with Crippen LogP contribution in [0.25, 0.3) is 0 Å². The average molecular weight is 321 g/mol. The van der Waals surface area contributed by atoms with Crippen molar-refractivity contribution in [2.75, 3.05) is 7.05 Å². The van der Waals surface area contributed by atoms with Crippen molar-refractivity contribution in [1.82, 2.24) is 9.88 Å². The van der Waals surface area contributed by atoms with Gasteiger partial charge in [0, 0.05) is 19.3 Å². The van der Waals surface area contributed by atoms with Gasteiger partial charge in [-0.15, -0.1) is 11.6 Å². The van der Waals surface area contributed by atoms with Crippen LogP contribution >= 0.6 is 11.6 Å². The number of nitrogens with zero attached hydrogens (tertiary/aromatic N) is 2. The topological polar surface area (TPSA) is 33.2 Å². The summed E-state index contributed by atoms with van der Waals surface area (Å²) in [5.74, 6) is -0.402. The molecule has 1 fully saturated rings. The lowest BCUT2D eigenvalue weighted by Crippen LogP contribution is -2.44. The fraction of sp³-hybridized carbons (Fsp3) is 0.571. The van der Waals surface area contributed by atoms with Crippen LogP contribution in [0.5, 0.6) is 0 Å². The number of pyridine rings is 1. The normalized spacial score (nSPS) is 22.9. The van der Waals surface area contributed by atoms with Gasteiger partial charge in [-0.05, 0) is 25.0 Å². The fourth-order valence-corrected chi connectivity index (χ4v) is 2.97. The van der Waals surface area contributed by atoms with Gasteiger partial charge in [-0.3, -0.25) is 9.78 Å². The first kappa shape index (κ1) is 16.1. The Labute approximate surface area is 126 Å². The molecule has 1 aromatic rings. The van der Waals surface area contributed by atoms with Crippen molar-refractivity contribution in [3.8, 4) is 0 Å². The smallest absolute Gasteiger partial charge is 0.336 e. The molecule has 116 valence electrons. The number of carbonyl (C=O) groups is 1. The SMILES string of the molecule is CN(C(=O)c1ccc(C(F)(F)F)cn1)C1CCCCC1Cl. The summed E-state index contributed by atoms with van der Waals surface area (Å²) < 4.78 is 37.4. The van der Waals surface area contributed by atoms with E-state index in [0.29, 0.717) is 6.20 Å². The number of aromatic nitrogens is 1. The van der Waals surface area contributed by atoms with Gasteiger partial charge in [0.1, 0.15) is 5.69 Å². The van der Waals surface area contributed by atoms with Gasteiger partial charge in [0.05, 0.1) is 10.9 Å². The Balaban J connectivity index is 2.12. The van der Waals surface area contributed by atoms with Gasteiger partial charge in [-0.1, -0.05) is 12.8 Å². The Hall–Kier alpha value is -1.30. The van der Waals surface area contributed by atoms with Crippen molar-refractivity contribution in [2.24, 2.45) is 0 Å². The van der Waals surface area contributed by atoms with E-state index in [1.54, 1.807) is 7.05 Å². The molecule has 0 bridgehead atoms. The molecular formula is C14H16ClF3N2O. The molecule has 1 heterocycles. The summed E-state index contributed by atoms with van der Waals surface area (Å²) in [6, 6.07) is 1.87. The second-order valence-corrected chi connectivity index (χ2v) is 5.77. The molecular weight excluding hydrogens is 305 g/mol. The lowest BCUT2D eigenvalue weighted by molar-refractivity contribution is -0.137. The van der Waals surface area contributed by atoms with Crippen molar-refractivity contribution in [3.05, 3.63) is 29.6 Å². The van der Waals surface area contributed by atoms with Crippen LogP contribution in [0, 0.1) is 0 Å². The van der Waals surface area contributed by atoms with Crippen LogP contribution in [0.1, 0.15) is 41.7 Å². The molecule has 3 nitrogen and oxygen atoms in total. The zero-order valence-corrected chi connectivity index (χ0v) is 12.3. The van der Waals surface area contributed by atoms with E-state index in [-0.39, 0.29) is 17.1 Å². The van der Waals surface area contributed by atoms with Gasteiger partial charge in [0.2, 0.25) is 0 Å². The summed E-state index contributed by atoms with van der Waals surface area (Å²) >= 11 is 6.23. The summed E-state index contributed by atoms with van der Waals surface area (Å²) in [5, 5.41) is -0.123. The molecule has 0 radical (unpaired) electrons. The Morgan fingerprint density at radius 1 is 1.33 bits per heavy atom. The molecule has 1 amide bonds. The minimum absolute atomic E-state index is 0.0000554. The highest BCUT2D eigenvalue weighted by Gasteiger charge is 2.33. The summed E-state index contributed by atoms with van der Waals surface area (Å²) in [4.78, 5) is 17.4. The highest BCUT2D eigenvalue weighted by Crippen LogP contribution is 2.29. The van der Waals surface area contributed by atoms with Gasteiger partial charge < -0.3 is 4.90 Å². The second kappa shape index (κ2) is 6.22. The van der Waals surface area contributed by atoms with E-state index in [9.17, 15) is 18.0 Å². The van der Waals surface area contributed by atoms with E-state index in [1.807, 2.05) is 0 Å². The van der Waals surface area contributed by atoms with Crippen LogP contribution in [0.4, 0.5) is 13.2 Å². The summed E-state index contributed by atoms with van der Waals surface area (Å²) in [5.41, 5.74) is -0.866. The molecule has 2 atom stereocenters. The van der Waals surface area contributed by atoms with Crippen molar-refractivity contribution in [1.29, 1.82) is 0 Å². The lowest BCUT2D eigenvalue weighted by Gasteiger charge is -2.34. The summed E-state index contributed by atoms with van der Waals surface area (Å²) in [6.45, 7) is 0. The van der Waals surface area contributed by atoms with Crippen LogP contribution < -0.4 is 0 Å². The van der Waals surface area contributed by atoms with Crippen molar-refractivity contribution in [3.63, 3.8) is 0 Å². The van der Waals surface area contributed by atoms with E-state index in [4.69, 9.17) is 11.6 Å². The maximum absolute atomic E-state index is 12.5. The van der Waals surface area contributed by atoms with Crippen LogP contribution in [-0.2, 0) is 6.18 Å². The van der Waals surface area contributed by atoms with Crippen molar-refractivity contribution >= 4 is 17.5 Å². The molecule has 7 heteroatoms. The third-order valence-corrected chi connectivity index (χ3v) is 4.28. The Kier molecular flexibility index (Phi) is 4.76. The molecule has 0 saturated heterocycles. The lowest BCUT2D eigenvalue weighted by atomic mass is 9.93. The number of amides is 1. The van der Waals surface area contributed by atoms with E-state index >= 15 is 0 Å². The molecule has 1 aromatic heterocycles. The first-order valence-corrected chi connectivity index (χ1v) is 7.19. The van der Waals surface area contributed by atoms with Gasteiger partial charge in [0.15, 0.2) is 0 Å². The summed E-state index contributed by atoms with van der Waals surface area (Å²) in [7, 11) is 1.62. The highest BCUT2D eigenvalue weighted by atomic mass is 35.5. The standard InChI is InChI=1S/C14H16ClF3N2O/c1-20(12-5-3-2-4-10(12)15)13(21)11-7-6-9(8-19-11)14(16,17)18/h6-8,10,12H,2-5H2,1H3. The number of hydrogen-bond acceptors (Lipinski definition) is 2. The van der Waals surface area contributed by atoms with Gasteiger partial charge in [-0.2, -0.15) is 13.2 Å². The van der Waals surface area contributed by atoms with E-state index in [0.717, 1.165) is 37.8 Å². The van der Waals surface area contributed by atoms with Crippen molar-refractivity contribution < 1.29 is 18.0 Å². The predicted octanol–water partition coefficient (Wildman–Crippen LogP) is 3.72. The number of carbonyl (C=O) groups excluding carboxylic acids is 1. The Bertz CT molecular complexity index is 504. The quantitative estimate of drug-likeness (QED) is 0.778. The molecule has 0 spiro atoms. The molecule has 1 saturated carbocycles. The van der Waals surface area contributed by atoms with Crippen LogP contribution in [-0.4, -0.2) is 34.3 Å². The Morgan fingerprint density at radius 3 is 2.52 bits per heavy atom. The van der Waals surface area contributed by atoms with Gasteiger partial charge >= 0.3 is 6.18 Å². The molecule has 2 unspecified atom stereocenters.